The molecule has 0 aliphatic heterocycles. The molecule has 9 nitrogen and oxygen atoms in total. The maximum Gasteiger partial charge on any atom is 0.485 e. The molecule has 0 aromatic carbocycles. The molecule has 0 rings (SSSR count). The van der Waals surface area contributed by atoms with Crippen molar-refractivity contribution >= 4 is 7.82 Å². The van der Waals surface area contributed by atoms with Gasteiger partial charge in [-0.05, 0) is 0 Å². The van der Waals surface area contributed by atoms with Crippen LogP contribution in [0, 0.1) is 10.1 Å². The van der Waals surface area contributed by atoms with Crippen LogP contribution in [0.2, 0.25) is 0 Å². The highest BCUT2D eigenvalue weighted by Crippen LogP contribution is 2.32. The molecule has 10 heavy (non-hydrogen) atoms. The van der Waals surface area contributed by atoms with E-state index in [4.69, 9.17) is 25.1 Å². The van der Waals surface area contributed by atoms with Gasteiger partial charge in [0.1, 0.15) is 0 Å². The maximum absolute atomic E-state index is 9.35. The second kappa shape index (κ2) is 5.09. The van der Waals surface area contributed by atoms with Crippen LogP contribution in [-0.4, -0.2) is 20.1 Å². The summed E-state index contributed by atoms with van der Waals surface area (Å²) in [5, 5.41) is 13.6. The lowest BCUT2D eigenvalue weighted by atomic mass is 13.1. The molecule has 0 aromatic heterocycles. The molecule has 0 saturated heterocycles. The first-order valence-corrected chi connectivity index (χ1v) is 3.10. The van der Waals surface area contributed by atoms with Crippen molar-refractivity contribution in [2.75, 3.05) is 0 Å². The summed E-state index contributed by atoms with van der Waals surface area (Å²) < 4.78 is 12.5. The summed E-state index contributed by atoms with van der Waals surface area (Å²) in [4.78, 5) is 23.5. The predicted molar refractivity (Wildman–Crippen MR) is 26.1 cm³/mol. The minimum atomic E-state index is -4.37. The summed E-state index contributed by atoms with van der Waals surface area (Å²) in [6.45, 7) is 0. The van der Waals surface area contributed by atoms with Crippen LogP contribution in [0.15, 0.2) is 0 Å². The van der Waals surface area contributed by atoms with E-state index in [0.717, 1.165) is 0 Å². The fourth-order valence-electron chi connectivity index (χ4n) is 0. The van der Waals surface area contributed by atoms with Crippen LogP contribution in [0.1, 0.15) is 0 Å². The molecule has 62 valence electrons. The van der Waals surface area contributed by atoms with Crippen molar-refractivity contribution in [1.82, 2.24) is 0 Å². The van der Waals surface area contributed by atoms with E-state index in [-0.39, 0.29) is 0 Å². The van der Waals surface area contributed by atoms with Crippen molar-refractivity contribution in [1.29, 1.82) is 0 Å². The molecule has 0 unspecified atom stereocenters. The highest BCUT2D eigenvalue weighted by atomic mass is 31.2. The smallest absolute Gasteiger partial charge is 0.328 e. The topological polar surface area (TPSA) is 156 Å². The molecule has 0 amide bonds. The van der Waals surface area contributed by atoms with Gasteiger partial charge in [-0.2, -0.15) is 0 Å². The SMILES string of the molecule is NOP(=O)(O)O.O=[N+]([O-])O. The second-order valence-corrected chi connectivity index (χ2v) is 2.03. The Kier molecular flexibility index (Phi) is 6.10. The monoisotopic (exact) mass is 176 g/mol. The van der Waals surface area contributed by atoms with Gasteiger partial charge in [-0.15, -0.1) is 10.1 Å². The van der Waals surface area contributed by atoms with E-state index in [9.17, 15) is 4.57 Å². The highest BCUT2D eigenvalue weighted by Gasteiger charge is 2.08. The van der Waals surface area contributed by atoms with E-state index in [1.165, 1.54) is 0 Å². The molecule has 0 heterocycles. The Bertz CT molecular complexity index is 131. The van der Waals surface area contributed by atoms with E-state index in [1.54, 1.807) is 0 Å². The van der Waals surface area contributed by atoms with Gasteiger partial charge in [-0.25, -0.2) is 15.1 Å². The lowest BCUT2D eigenvalue weighted by Crippen LogP contribution is -1.93. The molecule has 0 bridgehead atoms. The molecule has 5 N–H and O–H groups in total. The van der Waals surface area contributed by atoms with Gasteiger partial charge >= 0.3 is 7.82 Å². The standard InChI is InChI=1S/H4NO4P.HNO3/c1-5-6(2,3)4;2-1(3)4/h1H2,(H2,2,3,4);(H,2,3,4). The van der Waals surface area contributed by atoms with E-state index in [1.807, 2.05) is 0 Å². The van der Waals surface area contributed by atoms with E-state index in [2.05, 4.69) is 10.5 Å². The number of nitrogens with zero attached hydrogens (tertiary/aromatic N) is 1. The minimum Gasteiger partial charge on any atom is -0.328 e. The molecule has 0 aliphatic rings. The first-order chi connectivity index (χ1) is 4.29. The Morgan fingerprint density at radius 3 is 1.70 bits per heavy atom. The third kappa shape index (κ3) is 55.5. The molecular weight excluding hydrogens is 171 g/mol. The summed E-state index contributed by atoms with van der Waals surface area (Å²) in [5.41, 5.74) is 0. The van der Waals surface area contributed by atoms with Crippen LogP contribution in [0.3, 0.4) is 0 Å². The maximum atomic E-state index is 9.35. The highest BCUT2D eigenvalue weighted by molar-refractivity contribution is 7.46. The minimum absolute atomic E-state index is 1.50. The zero-order valence-electron chi connectivity index (χ0n) is 4.45. The lowest BCUT2D eigenvalue weighted by Gasteiger charge is -1.92. The van der Waals surface area contributed by atoms with Crippen LogP contribution >= 0.6 is 7.82 Å². The van der Waals surface area contributed by atoms with Gasteiger partial charge in [0.05, 0.1) is 0 Å². The van der Waals surface area contributed by atoms with Crippen molar-refractivity contribution in [3.63, 3.8) is 0 Å². The van der Waals surface area contributed by atoms with Crippen LogP contribution in [0.5, 0.6) is 0 Å². The average Bonchev–Trinajstić information content (AvgIpc) is 1.63. The number of phosphoric acid groups is 1. The fraction of sp³-hybridized carbons (Fsp3) is 0. The van der Waals surface area contributed by atoms with Crippen molar-refractivity contribution < 1.29 is 29.3 Å². The zero-order valence-corrected chi connectivity index (χ0v) is 5.34. The van der Waals surface area contributed by atoms with Gasteiger partial charge in [0, 0.05) is 0 Å². The lowest BCUT2D eigenvalue weighted by molar-refractivity contribution is -0.742. The average molecular weight is 176 g/mol. The molecule has 0 aromatic rings. The summed E-state index contributed by atoms with van der Waals surface area (Å²) in [6.07, 6.45) is 0. The van der Waals surface area contributed by atoms with Gasteiger partial charge in [-0.3, -0.25) is 0 Å². The molecule has 10 heteroatoms. The van der Waals surface area contributed by atoms with Crippen molar-refractivity contribution in [3.8, 4) is 0 Å². The third-order valence-corrected chi connectivity index (χ3v) is 0.412. The summed E-state index contributed by atoms with van der Waals surface area (Å²) in [7, 11) is -4.37. The molecule has 0 fully saturated rings. The Labute approximate surface area is 54.3 Å². The fourth-order valence-corrected chi connectivity index (χ4v) is 0. The van der Waals surface area contributed by atoms with Gasteiger partial charge in [-0.1, -0.05) is 0 Å². The molecule has 0 spiro atoms. The number of hydrogen-bond donors (Lipinski definition) is 4. The van der Waals surface area contributed by atoms with Crippen molar-refractivity contribution in [2.24, 2.45) is 5.90 Å². The third-order valence-electron chi connectivity index (χ3n) is 0.137. The van der Waals surface area contributed by atoms with Gasteiger partial charge in [0.15, 0.2) is 0 Å². The Hall–Kier alpha value is -0.730. The summed E-state index contributed by atoms with van der Waals surface area (Å²) >= 11 is 0. The van der Waals surface area contributed by atoms with Gasteiger partial charge < -0.3 is 15.0 Å². The number of nitrogens with two attached hydrogens (primary N) is 1. The molecule has 0 aliphatic carbocycles. The second-order valence-electron chi connectivity index (χ2n) is 0.834. The van der Waals surface area contributed by atoms with E-state index in [0.29, 0.717) is 0 Å². The first kappa shape index (κ1) is 12.0. The van der Waals surface area contributed by atoms with Crippen molar-refractivity contribution in [2.45, 2.75) is 0 Å². The molecule has 0 atom stereocenters. The van der Waals surface area contributed by atoms with Gasteiger partial charge in [0.2, 0.25) is 0 Å². The van der Waals surface area contributed by atoms with E-state index < -0.39 is 12.9 Å². The molecular formula is H5N2O7P. The summed E-state index contributed by atoms with van der Waals surface area (Å²) in [5.74, 6) is 4.04. The van der Waals surface area contributed by atoms with E-state index >= 15 is 0 Å². The van der Waals surface area contributed by atoms with Crippen LogP contribution in [0.4, 0.5) is 0 Å². The van der Waals surface area contributed by atoms with Gasteiger partial charge in [0.25, 0.3) is 5.09 Å². The predicted octanol–water partition coefficient (Wildman–Crippen LogP) is -1.38. The Morgan fingerprint density at radius 2 is 1.70 bits per heavy atom. The van der Waals surface area contributed by atoms with Crippen LogP contribution < -0.4 is 5.90 Å². The number of rotatable bonds is 1. The first-order valence-electron chi connectivity index (χ1n) is 1.57. The Balaban J connectivity index is 0. The largest absolute Gasteiger partial charge is 0.485 e. The Morgan fingerprint density at radius 1 is 1.60 bits per heavy atom. The normalized spacial score (nSPS) is 9.50. The quantitative estimate of drug-likeness (QED) is 0.216. The van der Waals surface area contributed by atoms with Crippen LogP contribution in [-0.2, 0) is 9.19 Å². The zero-order chi connectivity index (χ0) is 8.78. The molecule has 0 saturated carbocycles. The molecule has 0 radical (unpaired) electrons. The van der Waals surface area contributed by atoms with Crippen molar-refractivity contribution in [3.05, 3.63) is 10.1 Å². The summed E-state index contributed by atoms with van der Waals surface area (Å²) in [6, 6.07) is 0. The number of hydrogen-bond acceptors (Lipinski definition) is 5. The van der Waals surface area contributed by atoms with Crippen LogP contribution in [0.25, 0.3) is 0 Å².